The Morgan fingerprint density at radius 3 is 2.64 bits per heavy atom. The molecule has 1 heterocycles. The minimum Gasteiger partial charge on any atom is -0.395 e. The van der Waals surface area contributed by atoms with Gasteiger partial charge in [0.2, 0.25) is 0 Å². The molecule has 0 aliphatic heterocycles. The molecule has 0 radical (unpaired) electrons. The van der Waals surface area contributed by atoms with Gasteiger partial charge in [0.25, 0.3) is 0 Å². The van der Waals surface area contributed by atoms with Gasteiger partial charge in [-0.2, -0.15) is 0 Å². The van der Waals surface area contributed by atoms with Crippen LogP contribution in [0.5, 0.6) is 0 Å². The molecule has 0 aromatic carbocycles. The van der Waals surface area contributed by atoms with Gasteiger partial charge in [0, 0.05) is 24.9 Å². The van der Waals surface area contributed by atoms with Crippen LogP contribution in [0.2, 0.25) is 0 Å². The van der Waals surface area contributed by atoms with Crippen molar-refractivity contribution < 1.29 is 5.11 Å². The van der Waals surface area contributed by atoms with Gasteiger partial charge in [0.05, 0.1) is 24.2 Å². The summed E-state index contributed by atoms with van der Waals surface area (Å²) in [6.07, 6.45) is 8.44. The molecule has 0 saturated heterocycles. The van der Waals surface area contributed by atoms with Crippen molar-refractivity contribution in [2.75, 3.05) is 32.8 Å². The van der Waals surface area contributed by atoms with Gasteiger partial charge < -0.3 is 10.4 Å². The number of nitrogens with one attached hydrogen (secondary N) is 1. The van der Waals surface area contributed by atoms with E-state index >= 15 is 0 Å². The maximum atomic E-state index is 9.00. The molecule has 0 amide bonds. The SMILES string of the molecule is CCN(CC#CC1CCC(CNCc2ncc(Br)cn2)CC1)CCO. The zero-order valence-electron chi connectivity index (χ0n) is 15.0. The van der Waals surface area contributed by atoms with E-state index in [0.717, 1.165) is 42.4 Å². The number of halogens is 1. The van der Waals surface area contributed by atoms with E-state index in [-0.39, 0.29) is 6.61 Å². The largest absolute Gasteiger partial charge is 0.395 e. The molecule has 0 bridgehead atoms. The fraction of sp³-hybridized carbons (Fsp3) is 0.684. The van der Waals surface area contributed by atoms with Crippen LogP contribution in [0.25, 0.3) is 0 Å². The van der Waals surface area contributed by atoms with Crippen LogP contribution in [0.3, 0.4) is 0 Å². The summed E-state index contributed by atoms with van der Waals surface area (Å²) in [5.41, 5.74) is 0. The number of aromatic nitrogens is 2. The van der Waals surface area contributed by atoms with Gasteiger partial charge in [-0.15, -0.1) is 0 Å². The molecule has 138 valence electrons. The summed E-state index contributed by atoms with van der Waals surface area (Å²) in [5.74, 6) is 8.85. The van der Waals surface area contributed by atoms with Crippen LogP contribution in [0.15, 0.2) is 16.9 Å². The second-order valence-electron chi connectivity index (χ2n) is 6.58. The average molecular weight is 409 g/mol. The van der Waals surface area contributed by atoms with E-state index in [2.05, 4.69) is 54.9 Å². The standard InChI is InChI=1S/C19H29BrN4O/c1-2-24(10-11-25)9-3-4-16-5-7-17(8-6-16)12-21-15-19-22-13-18(20)14-23-19/h13-14,16-17,21,25H,2,5-12,15H2,1H3. The maximum absolute atomic E-state index is 9.00. The first-order valence-corrected chi connectivity index (χ1v) is 9.99. The van der Waals surface area contributed by atoms with E-state index in [9.17, 15) is 0 Å². The Balaban J connectivity index is 1.62. The highest BCUT2D eigenvalue weighted by Crippen LogP contribution is 2.27. The van der Waals surface area contributed by atoms with E-state index < -0.39 is 0 Å². The topological polar surface area (TPSA) is 61.3 Å². The third-order valence-corrected chi connectivity index (χ3v) is 5.12. The molecule has 5 nitrogen and oxygen atoms in total. The van der Waals surface area contributed by atoms with Gasteiger partial charge in [-0.3, -0.25) is 4.90 Å². The third-order valence-electron chi connectivity index (χ3n) is 4.71. The van der Waals surface area contributed by atoms with Crippen LogP contribution in [-0.2, 0) is 6.54 Å². The molecule has 1 aromatic rings. The molecule has 1 saturated carbocycles. The molecule has 0 unspecified atom stereocenters. The fourth-order valence-corrected chi connectivity index (χ4v) is 3.33. The predicted molar refractivity (Wildman–Crippen MR) is 104 cm³/mol. The summed E-state index contributed by atoms with van der Waals surface area (Å²) in [5, 5.41) is 12.5. The van der Waals surface area contributed by atoms with Crippen LogP contribution in [0, 0.1) is 23.7 Å². The van der Waals surface area contributed by atoms with Crippen LogP contribution in [0.1, 0.15) is 38.4 Å². The Morgan fingerprint density at radius 2 is 2.00 bits per heavy atom. The Kier molecular flexibility index (Phi) is 9.41. The van der Waals surface area contributed by atoms with Crippen molar-refractivity contribution in [3.8, 4) is 11.8 Å². The van der Waals surface area contributed by atoms with Gasteiger partial charge in [-0.05, 0) is 60.6 Å². The quantitative estimate of drug-likeness (QED) is 0.646. The smallest absolute Gasteiger partial charge is 0.142 e. The van der Waals surface area contributed by atoms with Crippen LogP contribution < -0.4 is 5.32 Å². The fourth-order valence-electron chi connectivity index (χ4n) is 3.12. The number of aliphatic hydroxyl groups excluding tert-OH is 1. The minimum atomic E-state index is 0.207. The van der Waals surface area contributed by atoms with Crippen molar-refractivity contribution in [2.24, 2.45) is 11.8 Å². The Labute approximate surface area is 159 Å². The minimum absolute atomic E-state index is 0.207. The molecule has 25 heavy (non-hydrogen) atoms. The molecule has 1 aliphatic carbocycles. The lowest BCUT2D eigenvalue weighted by atomic mass is 9.82. The number of rotatable bonds is 8. The van der Waals surface area contributed by atoms with Crippen molar-refractivity contribution in [1.29, 1.82) is 0 Å². The van der Waals surface area contributed by atoms with Crippen molar-refractivity contribution in [2.45, 2.75) is 39.2 Å². The maximum Gasteiger partial charge on any atom is 0.142 e. The summed E-state index contributed by atoms with van der Waals surface area (Å²) in [4.78, 5) is 10.7. The highest BCUT2D eigenvalue weighted by atomic mass is 79.9. The summed E-state index contributed by atoms with van der Waals surface area (Å²) in [6.45, 7) is 6.49. The normalized spacial score (nSPS) is 20.3. The molecular formula is C19H29BrN4O. The first-order chi connectivity index (χ1) is 12.2. The van der Waals surface area contributed by atoms with E-state index in [4.69, 9.17) is 5.11 Å². The van der Waals surface area contributed by atoms with E-state index in [1.807, 2.05) is 0 Å². The molecule has 1 aromatic heterocycles. The van der Waals surface area contributed by atoms with Crippen LogP contribution in [-0.4, -0.2) is 52.8 Å². The number of aliphatic hydroxyl groups is 1. The van der Waals surface area contributed by atoms with Crippen molar-refractivity contribution >= 4 is 15.9 Å². The molecule has 6 heteroatoms. The lowest BCUT2D eigenvalue weighted by Crippen LogP contribution is -2.27. The molecule has 0 atom stereocenters. The van der Waals surface area contributed by atoms with E-state index in [1.54, 1.807) is 12.4 Å². The van der Waals surface area contributed by atoms with Gasteiger partial charge in [0.1, 0.15) is 5.82 Å². The summed E-state index contributed by atoms with van der Waals surface area (Å²) >= 11 is 3.35. The monoisotopic (exact) mass is 408 g/mol. The first kappa shape index (κ1) is 20.3. The van der Waals surface area contributed by atoms with Gasteiger partial charge in [-0.25, -0.2) is 9.97 Å². The van der Waals surface area contributed by atoms with Crippen LogP contribution >= 0.6 is 15.9 Å². The number of likely N-dealkylation sites (N-methyl/N-ethyl adjacent to an activating group) is 1. The highest BCUT2D eigenvalue weighted by Gasteiger charge is 2.19. The van der Waals surface area contributed by atoms with Crippen molar-refractivity contribution in [3.63, 3.8) is 0 Å². The summed E-state index contributed by atoms with van der Waals surface area (Å²) in [6, 6.07) is 0. The molecule has 2 rings (SSSR count). The molecular weight excluding hydrogens is 380 g/mol. The van der Waals surface area contributed by atoms with Gasteiger partial charge in [-0.1, -0.05) is 18.8 Å². The lowest BCUT2D eigenvalue weighted by Gasteiger charge is -2.26. The zero-order valence-corrected chi connectivity index (χ0v) is 16.6. The molecule has 0 spiro atoms. The van der Waals surface area contributed by atoms with E-state index in [1.165, 1.54) is 25.7 Å². The molecule has 1 aliphatic rings. The summed E-state index contributed by atoms with van der Waals surface area (Å²) in [7, 11) is 0. The number of hydrogen-bond acceptors (Lipinski definition) is 5. The third kappa shape index (κ3) is 7.83. The first-order valence-electron chi connectivity index (χ1n) is 9.20. The number of hydrogen-bond donors (Lipinski definition) is 2. The lowest BCUT2D eigenvalue weighted by molar-refractivity contribution is 0.216. The Morgan fingerprint density at radius 1 is 1.28 bits per heavy atom. The van der Waals surface area contributed by atoms with Crippen molar-refractivity contribution in [1.82, 2.24) is 20.2 Å². The molecule has 2 N–H and O–H groups in total. The Hall–Kier alpha value is -1.00. The summed E-state index contributed by atoms with van der Waals surface area (Å²) < 4.78 is 0.911. The van der Waals surface area contributed by atoms with Gasteiger partial charge in [0.15, 0.2) is 0 Å². The van der Waals surface area contributed by atoms with E-state index in [0.29, 0.717) is 12.5 Å². The van der Waals surface area contributed by atoms with Crippen molar-refractivity contribution in [3.05, 3.63) is 22.7 Å². The number of nitrogens with zero attached hydrogens (tertiary/aromatic N) is 3. The zero-order chi connectivity index (χ0) is 17.9. The van der Waals surface area contributed by atoms with Gasteiger partial charge >= 0.3 is 0 Å². The Bertz CT molecular complexity index is 547. The predicted octanol–water partition coefficient (Wildman–Crippen LogP) is 2.45. The second-order valence-corrected chi connectivity index (χ2v) is 7.50. The second kappa shape index (κ2) is 11.6. The molecule has 1 fully saturated rings. The average Bonchev–Trinajstić information content (AvgIpc) is 2.64. The van der Waals surface area contributed by atoms with Crippen LogP contribution in [0.4, 0.5) is 0 Å². The highest BCUT2D eigenvalue weighted by molar-refractivity contribution is 9.10.